The molecule has 0 saturated heterocycles. The van der Waals surface area contributed by atoms with Crippen molar-refractivity contribution in [1.82, 2.24) is 20.1 Å². The van der Waals surface area contributed by atoms with E-state index in [1.807, 2.05) is 73.0 Å². The van der Waals surface area contributed by atoms with Crippen LogP contribution in [0.5, 0.6) is 5.75 Å². The Morgan fingerprint density at radius 3 is 2.61 bits per heavy atom. The number of thiophene rings is 1. The minimum atomic E-state index is -0.259. The van der Waals surface area contributed by atoms with E-state index < -0.39 is 0 Å². The van der Waals surface area contributed by atoms with E-state index in [0.29, 0.717) is 23.3 Å². The number of para-hydroxylation sites is 2. The zero-order valence-corrected chi connectivity index (χ0v) is 17.8. The fourth-order valence-electron chi connectivity index (χ4n) is 3.32. The van der Waals surface area contributed by atoms with Crippen LogP contribution in [0.25, 0.3) is 33.0 Å². The minimum absolute atomic E-state index is 0.259. The van der Waals surface area contributed by atoms with E-state index in [4.69, 9.17) is 19.2 Å². The van der Waals surface area contributed by atoms with Crippen molar-refractivity contribution in [3.05, 3.63) is 71.9 Å². The second-order valence-corrected chi connectivity index (χ2v) is 7.86. The molecule has 2 aromatic carbocycles. The molecule has 0 aliphatic rings. The normalized spacial score (nSPS) is 12.1. The zero-order valence-electron chi connectivity index (χ0n) is 16.9. The van der Waals surface area contributed by atoms with Crippen LogP contribution in [0.2, 0.25) is 0 Å². The monoisotopic (exact) mass is 429 g/mol. The Morgan fingerprint density at radius 2 is 1.77 bits per heavy atom. The summed E-state index contributed by atoms with van der Waals surface area (Å²) in [5, 5.41) is 10.5. The molecular formula is C23H19N5O2S. The molecule has 31 heavy (non-hydrogen) atoms. The van der Waals surface area contributed by atoms with Crippen molar-refractivity contribution < 1.29 is 9.26 Å². The van der Waals surface area contributed by atoms with E-state index in [2.05, 4.69) is 15.5 Å². The van der Waals surface area contributed by atoms with Crippen LogP contribution in [-0.2, 0) is 0 Å². The molecule has 7 nitrogen and oxygen atoms in total. The lowest BCUT2D eigenvalue weighted by atomic mass is 10.2. The van der Waals surface area contributed by atoms with E-state index >= 15 is 0 Å². The Labute approximate surface area is 182 Å². The maximum atomic E-state index is 5.55. The van der Waals surface area contributed by atoms with E-state index in [1.54, 1.807) is 18.4 Å². The Balaban J connectivity index is 1.48. The molecule has 5 rings (SSSR count). The number of hydrogen-bond acceptors (Lipinski definition) is 8. The van der Waals surface area contributed by atoms with E-state index in [9.17, 15) is 0 Å². The average molecular weight is 430 g/mol. The standard InChI is InChI=1S/C23H19N5O2S/c1-14(23-27-21(28-30-23)16-9-4-6-11-18(16)29-2)24-20-15-8-3-5-10-17(15)25-22(26-20)19-12-7-13-31-19/h3-14H,1-2H3,(H,24,25,26)/t14-/m1/s1. The van der Waals surface area contributed by atoms with Crippen molar-refractivity contribution in [3.8, 4) is 27.8 Å². The van der Waals surface area contributed by atoms with Crippen molar-refractivity contribution in [3.63, 3.8) is 0 Å². The molecular weight excluding hydrogens is 410 g/mol. The predicted octanol–water partition coefficient (Wildman–Crippen LogP) is 5.59. The first kappa shape index (κ1) is 19.2. The lowest BCUT2D eigenvalue weighted by molar-refractivity contribution is 0.367. The molecule has 0 amide bonds. The average Bonchev–Trinajstić information content (AvgIpc) is 3.51. The van der Waals surface area contributed by atoms with Gasteiger partial charge in [-0.2, -0.15) is 4.98 Å². The van der Waals surface area contributed by atoms with Gasteiger partial charge in [0, 0.05) is 5.39 Å². The predicted molar refractivity (Wildman–Crippen MR) is 121 cm³/mol. The van der Waals surface area contributed by atoms with Gasteiger partial charge in [-0.25, -0.2) is 9.97 Å². The van der Waals surface area contributed by atoms with Gasteiger partial charge in [-0.15, -0.1) is 11.3 Å². The quantitative estimate of drug-likeness (QED) is 0.376. The van der Waals surface area contributed by atoms with Crippen molar-refractivity contribution in [2.24, 2.45) is 0 Å². The van der Waals surface area contributed by atoms with Gasteiger partial charge in [0.05, 0.1) is 23.1 Å². The van der Waals surface area contributed by atoms with Crippen LogP contribution < -0.4 is 10.1 Å². The Bertz CT molecular complexity index is 1330. The second-order valence-electron chi connectivity index (χ2n) is 6.91. The van der Waals surface area contributed by atoms with Gasteiger partial charge < -0.3 is 14.6 Å². The third-order valence-corrected chi connectivity index (χ3v) is 5.72. The summed E-state index contributed by atoms with van der Waals surface area (Å²) < 4.78 is 11.0. The zero-order chi connectivity index (χ0) is 21.2. The summed E-state index contributed by atoms with van der Waals surface area (Å²) in [5.41, 5.74) is 1.65. The first-order chi connectivity index (χ1) is 15.2. The number of rotatable bonds is 6. The molecule has 3 aromatic heterocycles. The molecule has 154 valence electrons. The van der Waals surface area contributed by atoms with E-state index in [-0.39, 0.29) is 6.04 Å². The molecule has 3 heterocycles. The summed E-state index contributed by atoms with van der Waals surface area (Å²) in [6, 6.07) is 19.2. The first-order valence-corrected chi connectivity index (χ1v) is 10.6. The van der Waals surface area contributed by atoms with Crippen molar-refractivity contribution >= 4 is 28.1 Å². The highest BCUT2D eigenvalue weighted by Gasteiger charge is 2.19. The number of benzene rings is 2. The maximum Gasteiger partial charge on any atom is 0.249 e. The number of ether oxygens (including phenoxy) is 1. The smallest absolute Gasteiger partial charge is 0.249 e. The van der Waals surface area contributed by atoms with Crippen LogP contribution >= 0.6 is 11.3 Å². The number of methoxy groups -OCH3 is 1. The largest absolute Gasteiger partial charge is 0.496 e. The number of nitrogens with one attached hydrogen (secondary N) is 1. The van der Waals surface area contributed by atoms with Crippen molar-refractivity contribution in [1.29, 1.82) is 0 Å². The fourth-order valence-corrected chi connectivity index (χ4v) is 3.98. The minimum Gasteiger partial charge on any atom is -0.496 e. The maximum absolute atomic E-state index is 5.55. The van der Waals surface area contributed by atoms with Gasteiger partial charge >= 0.3 is 0 Å². The van der Waals surface area contributed by atoms with Crippen molar-refractivity contribution in [2.45, 2.75) is 13.0 Å². The number of hydrogen-bond donors (Lipinski definition) is 1. The summed E-state index contributed by atoms with van der Waals surface area (Å²) >= 11 is 1.61. The number of aromatic nitrogens is 4. The molecule has 8 heteroatoms. The summed E-state index contributed by atoms with van der Waals surface area (Å²) in [5.74, 6) is 3.04. The Morgan fingerprint density at radius 1 is 0.935 bits per heavy atom. The van der Waals surface area contributed by atoms with Gasteiger partial charge in [0.25, 0.3) is 0 Å². The van der Waals surface area contributed by atoms with Crippen molar-refractivity contribution in [2.75, 3.05) is 12.4 Å². The molecule has 0 unspecified atom stereocenters. The molecule has 0 saturated carbocycles. The highest BCUT2D eigenvalue weighted by molar-refractivity contribution is 7.13. The fraction of sp³-hybridized carbons (Fsp3) is 0.130. The molecule has 0 fully saturated rings. The van der Waals surface area contributed by atoms with Gasteiger partial charge in [-0.05, 0) is 42.6 Å². The number of fused-ring (bicyclic) bond motifs is 1. The van der Waals surface area contributed by atoms with E-state index in [1.165, 1.54) is 0 Å². The lowest BCUT2D eigenvalue weighted by Gasteiger charge is -2.13. The third kappa shape index (κ3) is 3.73. The second kappa shape index (κ2) is 8.16. The van der Waals surface area contributed by atoms with Gasteiger partial charge in [0.2, 0.25) is 11.7 Å². The highest BCUT2D eigenvalue weighted by Crippen LogP contribution is 2.31. The Hall–Kier alpha value is -3.78. The van der Waals surface area contributed by atoms with Crippen LogP contribution in [0.1, 0.15) is 18.9 Å². The van der Waals surface area contributed by atoms with Gasteiger partial charge in [-0.3, -0.25) is 0 Å². The molecule has 0 aliphatic carbocycles. The summed E-state index contributed by atoms with van der Waals surface area (Å²) in [4.78, 5) is 15.1. The molecule has 1 atom stereocenters. The molecule has 0 aliphatic heterocycles. The van der Waals surface area contributed by atoms with Crippen LogP contribution in [0.15, 0.2) is 70.6 Å². The summed E-state index contributed by atoms with van der Waals surface area (Å²) in [6.07, 6.45) is 0. The van der Waals surface area contributed by atoms with Crippen LogP contribution in [0.4, 0.5) is 5.82 Å². The summed E-state index contributed by atoms with van der Waals surface area (Å²) in [6.45, 7) is 1.96. The summed E-state index contributed by atoms with van der Waals surface area (Å²) in [7, 11) is 1.62. The first-order valence-electron chi connectivity index (χ1n) is 9.77. The van der Waals surface area contributed by atoms with Crippen LogP contribution in [0, 0.1) is 0 Å². The number of anilines is 1. The lowest BCUT2D eigenvalue weighted by Crippen LogP contribution is -2.10. The van der Waals surface area contributed by atoms with Gasteiger partial charge in [0.1, 0.15) is 17.6 Å². The van der Waals surface area contributed by atoms with Crippen LogP contribution in [0.3, 0.4) is 0 Å². The third-order valence-electron chi connectivity index (χ3n) is 4.86. The number of nitrogens with zero attached hydrogens (tertiary/aromatic N) is 4. The van der Waals surface area contributed by atoms with Gasteiger partial charge in [-0.1, -0.05) is 35.5 Å². The Kier molecular flexibility index (Phi) is 5.05. The topological polar surface area (TPSA) is 86.0 Å². The molecule has 0 bridgehead atoms. The van der Waals surface area contributed by atoms with Gasteiger partial charge in [0.15, 0.2) is 5.82 Å². The molecule has 0 spiro atoms. The highest BCUT2D eigenvalue weighted by atomic mass is 32.1. The SMILES string of the molecule is COc1ccccc1-c1noc([C@@H](C)Nc2nc(-c3cccs3)nc3ccccc23)n1. The molecule has 5 aromatic rings. The van der Waals surface area contributed by atoms with E-state index in [0.717, 1.165) is 27.2 Å². The molecule has 1 N–H and O–H groups in total. The van der Waals surface area contributed by atoms with Crippen LogP contribution in [-0.4, -0.2) is 27.2 Å². The molecule has 0 radical (unpaired) electrons.